The van der Waals surface area contributed by atoms with Crippen LogP contribution in [-0.4, -0.2) is 46.3 Å². The lowest BCUT2D eigenvalue weighted by atomic mass is 9.86. The van der Waals surface area contributed by atoms with E-state index in [9.17, 15) is 15.0 Å². The molecule has 2 N–H and O–H groups in total. The number of hydrogen-bond acceptors (Lipinski definition) is 3. The van der Waals surface area contributed by atoms with Gasteiger partial charge in [-0.15, -0.1) is 0 Å². The number of carbonyl (C=O) groups is 1. The van der Waals surface area contributed by atoms with Gasteiger partial charge in [0.05, 0.1) is 12.2 Å². The molecule has 1 amide bonds. The van der Waals surface area contributed by atoms with E-state index in [4.69, 9.17) is 0 Å². The maximum absolute atomic E-state index is 12.0. The van der Waals surface area contributed by atoms with Crippen LogP contribution >= 0.6 is 0 Å². The summed E-state index contributed by atoms with van der Waals surface area (Å²) in [6.07, 6.45) is 3.25. The van der Waals surface area contributed by atoms with Gasteiger partial charge >= 0.3 is 0 Å². The molecular formula is C11H19NO3. The van der Waals surface area contributed by atoms with Crippen LogP contribution in [0.4, 0.5) is 0 Å². The smallest absolute Gasteiger partial charge is 0.225 e. The Morgan fingerprint density at radius 3 is 2.20 bits per heavy atom. The highest BCUT2D eigenvalue weighted by Gasteiger charge is 2.32. The summed E-state index contributed by atoms with van der Waals surface area (Å²) in [5, 5.41) is 18.7. The number of aliphatic hydroxyl groups excluding tert-OH is 2. The number of likely N-dealkylation sites (tertiary alicyclic amines) is 1. The van der Waals surface area contributed by atoms with Gasteiger partial charge in [0, 0.05) is 19.0 Å². The Kier molecular flexibility index (Phi) is 3.26. The van der Waals surface area contributed by atoms with Crippen LogP contribution in [0, 0.1) is 5.92 Å². The molecule has 1 unspecified atom stereocenters. The van der Waals surface area contributed by atoms with Crippen molar-refractivity contribution in [2.24, 2.45) is 5.92 Å². The normalized spacial score (nSPS) is 36.9. The van der Waals surface area contributed by atoms with E-state index in [1.807, 2.05) is 0 Å². The maximum Gasteiger partial charge on any atom is 0.225 e. The lowest BCUT2D eigenvalue weighted by Gasteiger charge is -2.28. The number of amides is 1. The fourth-order valence-electron chi connectivity index (χ4n) is 2.52. The number of carbonyl (C=O) groups excluding carboxylic acids is 1. The Morgan fingerprint density at radius 1 is 1.00 bits per heavy atom. The summed E-state index contributed by atoms with van der Waals surface area (Å²) in [6.45, 7) is 1.19. The molecule has 2 rings (SSSR count). The van der Waals surface area contributed by atoms with Crippen LogP contribution < -0.4 is 0 Å². The highest BCUT2D eigenvalue weighted by Crippen LogP contribution is 2.27. The van der Waals surface area contributed by atoms with Crippen LogP contribution in [0.15, 0.2) is 0 Å². The minimum absolute atomic E-state index is 0.0821. The number of rotatable bonds is 1. The molecule has 0 radical (unpaired) electrons. The second kappa shape index (κ2) is 4.49. The Balaban J connectivity index is 1.85. The molecule has 15 heavy (non-hydrogen) atoms. The van der Waals surface area contributed by atoms with Crippen LogP contribution in [0.2, 0.25) is 0 Å². The predicted molar refractivity (Wildman–Crippen MR) is 55.2 cm³/mol. The lowest BCUT2D eigenvalue weighted by molar-refractivity contribution is -0.136. The maximum atomic E-state index is 12.0. The van der Waals surface area contributed by atoms with Crippen LogP contribution in [0.1, 0.15) is 32.1 Å². The summed E-state index contributed by atoms with van der Waals surface area (Å²) in [5.41, 5.74) is 0. The molecule has 1 aliphatic carbocycles. The van der Waals surface area contributed by atoms with Crippen molar-refractivity contribution in [1.82, 2.24) is 4.90 Å². The van der Waals surface area contributed by atoms with Gasteiger partial charge in [0.15, 0.2) is 0 Å². The molecule has 2 fully saturated rings. The summed E-state index contributed by atoms with van der Waals surface area (Å²) in [7, 11) is 0. The van der Waals surface area contributed by atoms with E-state index >= 15 is 0 Å². The zero-order chi connectivity index (χ0) is 10.8. The molecule has 0 aromatic carbocycles. The van der Waals surface area contributed by atoms with E-state index in [2.05, 4.69) is 0 Å². The number of aliphatic hydroxyl groups is 2. The van der Waals surface area contributed by atoms with Gasteiger partial charge in [0.1, 0.15) is 0 Å². The zero-order valence-corrected chi connectivity index (χ0v) is 8.93. The van der Waals surface area contributed by atoms with Crippen LogP contribution in [0.25, 0.3) is 0 Å². The molecule has 4 nitrogen and oxygen atoms in total. The number of β-amino-alcohol motifs (C(OH)–C–C–N with tert-alkyl or cyclic N) is 1. The van der Waals surface area contributed by atoms with Crippen LogP contribution in [-0.2, 0) is 4.79 Å². The predicted octanol–water partition coefficient (Wildman–Crippen LogP) is 0.131. The molecule has 1 saturated carbocycles. The van der Waals surface area contributed by atoms with Crippen molar-refractivity contribution in [1.29, 1.82) is 0 Å². The first kappa shape index (κ1) is 10.9. The fraction of sp³-hybridized carbons (Fsp3) is 0.909. The fourth-order valence-corrected chi connectivity index (χ4v) is 2.52. The standard InChI is InChI=1S/C11H19NO3/c13-9-3-1-8(2-4-9)11(15)12-6-5-10(14)7-12/h8-10,13-14H,1-7H2. The third-order valence-corrected chi connectivity index (χ3v) is 3.52. The molecule has 0 bridgehead atoms. The summed E-state index contributed by atoms with van der Waals surface area (Å²) in [5.74, 6) is 0.261. The van der Waals surface area contributed by atoms with E-state index in [1.54, 1.807) is 4.90 Å². The lowest BCUT2D eigenvalue weighted by Crippen LogP contribution is -2.37. The Morgan fingerprint density at radius 2 is 1.67 bits per heavy atom. The summed E-state index contributed by atoms with van der Waals surface area (Å²) in [4.78, 5) is 13.8. The average Bonchev–Trinajstić information content (AvgIpc) is 2.65. The van der Waals surface area contributed by atoms with E-state index in [1.165, 1.54) is 0 Å². The van der Waals surface area contributed by atoms with Crippen molar-refractivity contribution in [3.05, 3.63) is 0 Å². The van der Waals surface area contributed by atoms with Crippen molar-refractivity contribution in [2.75, 3.05) is 13.1 Å². The molecule has 4 heteroatoms. The third kappa shape index (κ3) is 2.49. The Bertz CT molecular complexity index is 236. The van der Waals surface area contributed by atoms with Gasteiger partial charge in [-0.3, -0.25) is 4.79 Å². The second-order valence-corrected chi connectivity index (χ2v) is 4.73. The van der Waals surface area contributed by atoms with E-state index in [-0.39, 0.29) is 24.0 Å². The van der Waals surface area contributed by atoms with Crippen molar-refractivity contribution < 1.29 is 15.0 Å². The number of nitrogens with zero attached hydrogens (tertiary/aromatic N) is 1. The van der Waals surface area contributed by atoms with E-state index in [0.29, 0.717) is 19.5 Å². The van der Waals surface area contributed by atoms with Gasteiger partial charge in [-0.05, 0) is 32.1 Å². The molecule has 0 spiro atoms. The monoisotopic (exact) mass is 213 g/mol. The van der Waals surface area contributed by atoms with Gasteiger partial charge in [-0.25, -0.2) is 0 Å². The Hall–Kier alpha value is -0.610. The highest BCUT2D eigenvalue weighted by atomic mass is 16.3. The first-order chi connectivity index (χ1) is 7.16. The van der Waals surface area contributed by atoms with Crippen molar-refractivity contribution in [3.63, 3.8) is 0 Å². The van der Waals surface area contributed by atoms with Gasteiger partial charge in [0.2, 0.25) is 5.91 Å². The quantitative estimate of drug-likeness (QED) is 0.651. The average molecular weight is 213 g/mol. The van der Waals surface area contributed by atoms with Gasteiger partial charge in [-0.2, -0.15) is 0 Å². The van der Waals surface area contributed by atoms with Gasteiger partial charge in [-0.1, -0.05) is 0 Å². The van der Waals surface area contributed by atoms with Gasteiger partial charge < -0.3 is 15.1 Å². The molecule has 1 heterocycles. The zero-order valence-electron chi connectivity index (χ0n) is 8.93. The molecule has 0 aromatic heterocycles. The SMILES string of the molecule is O=C(C1CCC(O)CC1)N1CCC(O)C1. The highest BCUT2D eigenvalue weighted by molar-refractivity contribution is 5.79. The van der Waals surface area contributed by atoms with Crippen molar-refractivity contribution in [2.45, 2.75) is 44.3 Å². The molecule has 2 aliphatic rings. The molecule has 86 valence electrons. The Labute approximate surface area is 89.9 Å². The topological polar surface area (TPSA) is 60.8 Å². The van der Waals surface area contributed by atoms with E-state index < -0.39 is 0 Å². The summed E-state index contributed by atoms with van der Waals surface area (Å²) >= 11 is 0. The molecular weight excluding hydrogens is 194 g/mol. The van der Waals surface area contributed by atoms with Crippen LogP contribution in [0.5, 0.6) is 0 Å². The van der Waals surface area contributed by atoms with Crippen molar-refractivity contribution >= 4 is 5.91 Å². The molecule has 0 aromatic rings. The number of hydrogen-bond donors (Lipinski definition) is 2. The second-order valence-electron chi connectivity index (χ2n) is 4.73. The minimum atomic E-state index is -0.330. The minimum Gasteiger partial charge on any atom is -0.393 e. The third-order valence-electron chi connectivity index (χ3n) is 3.52. The first-order valence-corrected chi connectivity index (χ1v) is 5.81. The largest absolute Gasteiger partial charge is 0.393 e. The molecule has 1 saturated heterocycles. The van der Waals surface area contributed by atoms with Gasteiger partial charge in [0.25, 0.3) is 0 Å². The summed E-state index contributed by atoms with van der Waals surface area (Å²) < 4.78 is 0. The molecule has 1 aliphatic heterocycles. The van der Waals surface area contributed by atoms with E-state index in [0.717, 1.165) is 25.7 Å². The summed E-state index contributed by atoms with van der Waals surface area (Å²) in [6, 6.07) is 0. The first-order valence-electron chi connectivity index (χ1n) is 5.81. The van der Waals surface area contributed by atoms with Crippen molar-refractivity contribution in [3.8, 4) is 0 Å². The molecule has 1 atom stereocenters. The van der Waals surface area contributed by atoms with Crippen LogP contribution in [0.3, 0.4) is 0 Å².